The molecule has 4 aromatic rings. The van der Waals surface area contributed by atoms with Gasteiger partial charge in [-0.05, 0) is 24.3 Å². The van der Waals surface area contributed by atoms with E-state index in [9.17, 15) is 0 Å². The largest absolute Gasteiger partial charge is 0.236 e. The highest BCUT2D eigenvalue weighted by Gasteiger charge is 2.10. The Morgan fingerprint density at radius 2 is 1.52 bits per heavy atom. The number of nitrogens with zero attached hydrogens (tertiary/aromatic N) is 3. The maximum atomic E-state index is 6.26. The average molecular weight is 392 g/mol. The molecular formula is C22H15Cl2N3. The minimum absolute atomic E-state index is 0.556. The maximum Gasteiger partial charge on any atom is 0.156 e. The molecule has 0 aliphatic rings. The summed E-state index contributed by atoms with van der Waals surface area (Å²) in [5, 5.41) is 5.90. The van der Waals surface area contributed by atoms with Crippen LogP contribution in [-0.2, 0) is 0 Å². The number of hydrogen-bond acceptors (Lipinski definition) is 2. The fourth-order valence-corrected chi connectivity index (χ4v) is 3.17. The van der Waals surface area contributed by atoms with Crippen LogP contribution >= 0.6 is 23.2 Å². The van der Waals surface area contributed by atoms with E-state index >= 15 is 0 Å². The molecule has 0 unspecified atom stereocenters. The van der Waals surface area contributed by atoms with Gasteiger partial charge >= 0.3 is 0 Å². The first-order valence-corrected chi connectivity index (χ1v) is 9.16. The molecule has 0 aliphatic heterocycles. The molecule has 0 aliphatic carbocycles. The number of aliphatic imine (C=N–C) groups is 1. The normalized spacial score (nSPS) is 11.2. The molecule has 0 amide bonds. The van der Waals surface area contributed by atoms with Gasteiger partial charge in [0.15, 0.2) is 5.82 Å². The van der Waals surface area contributed by atoms with E-state index in [-0.39, 0.29) is 0 Å². The van der Waals surface area contributed by atoms with Crippen LogP contribution in [0.4, 0.5) is 5.82 Å². The Morgan fingerprint density at radius 1 is 0.815 bits per heavy atom. The monoisotopic (exact) mass is 391 g/mol. The molecule has 1 heterocycles. The molecule has 27 heavy (non-hydrogen) atoms. The van der Waals surface area contributed by atoms with Crippen molar-refractivity contribution in [1.29, 1.82) is 0 Å². The Labute approximate surface area is 167 Å². The minimum atomic E-state index is 0.556. The van der Waals surface area contributed by atoms with E-state index in [4.69, 9.17) is 28.3 Å². The second-order valence-electron chi connectivity index (χ2n) is 5.93. The molecule has 0 fully saturated rings. The van der Waals surface area contributed by atoms with Crippen LogP contribution < -0.4 is 0 Å². The zero-order valence-corrected chi connectivity index (χ0v) is 15.8. The molecule has 0 bridgehead atoms. The average Bonchev–Trinajstić information content (AvgIpc) is 3.13. The summed E-state index contributed by atoms with van der Waals surface area (Å²) in [6, 6.07) is 27.2. The third-order valence-electron chi connectivity index (χ3n) is 4.06. The molecule has 0 spiro atoms. The second-order valence-corrected chi connectivity index (χ2v) is 6.77. The summed E-state index contributed by atoms with van der Waals surface area (Å²) < 4.78 is 1.82. The van der Waals surface area contributed by atoms with E-state index in [1.54, 1.807) is 18.3 Å². The number of aromatic nitrogens is 2. The first kappa shape index (κ1) is 17.5. The van der Waals surface area contributed by atoms with Gasteiger partial charge in [0.25, 0.3) is 0 Å². The van der Waals surface area contributed by atoms with Crippen molar-refractivity contribution < 1.29 is 0 Å². The maximum absolute atomic E-state index is 6.26. The van der Waals surface area contributed by atoms with Crippen LogP contribution in [0.1, 0.15) is 5.56 Å². The lowest BCUT2D eigenvalue weighted by Gasteiger charge is -2.04. The molecule has 132 valence electrons. The molecule has 3 nitrogen and oxygen atoms in total. The van der Waals surface area contributed by atoms with Crippen molar-refractivity contribution in [2.24, 2.45) is 4.99 Å². The minimum Gasteiger partial charge on any atom is -0.236 e. The Hall–Kier alpha value is -2.88. The predicted octanol–water partition coefficient (Wildman–Crippen LogP) is 6.60. The number of para-hydroxylation sites is 1. The molecule has 3 aromatic carbocycles. The first-order chi connectivity index (χ1) is 13.2. The Kier molecular flexibility index (Phi) is 5.05. The highest BCUT2D eigenvalue weighted by atomic mass is 35.5. The molecule has 0 radical (unpaired) electrons. The summed E-state index contributed by atoms with van der Waals surface area (Å²) >= 11 is 12.2. The van der Waals surface area contributed by atoms with Crippen molar-refractivity contribution in [3.05, 3.63) is 101 Å². The summed E-state index contributed by atoms with van der Waals surface area (Å²) in [5.41, 5.74) is 3.62. The zero-order valence-electron chi connectivity index (χ0n) is 14.3. The summed E-state index contributed by atoms with van der Waals surface area (Å²) in [6.07, 6.45) is 1.73. The van der Waals surface area contributed by atoms with Gasteiger partial charge in [0, 0.05) is 28.4 Å². The van der Waals surface area contributed by atoms with Crippen molar-refractivity contribution in [2.45, 2.75) is 0 Å². The van der Waals surface area contributed by atoms with Crippen LogP contribution in [-0.4, -0.2) is 16.0 Å². The summed E-state index contributed by atoms with van der Waals surface area (Å²) in [7, 11) is 0. The Balaban J connectivity index is 1.78. The SMILES string of the molecule is Clc1ccc(/C=N/c2cc(-c3ccccc3)nn2-c2ccccc2)c(Cl)c1. The lowest BCUT2D eigenvalue weighted by molar-refractivity contribution is 0.885. The molecule has 5 heteroatoms. The summed E-state index contributed by atoms with van der Waals surface area (Å²) in [6.45, 7) is 0. The highest BCUT2D eigenvalue weighted by molar-refractivity contribution is 6.36. The van der Waals surface area contributed by atoms with E-state index in [1.807, 2.05) is 77.5 Å². The number of halogens is 2. The fourth-order valence-electron chi connectivity index (χ4n) is 2.71. The summed E-state index contributed by atoms with van der Waals surface area (Å²) in [4.78, 5) is 4.64. The smallest absolute Gasteiger partial charge is 0.156 e. The van der Waals surface area contributed by atoms with Gasteiger partial charge in [-0.2, -0.15) is 5.10 Å². The lowest BCUT2D eigenvalue weighted by atomic mass is 10.2. The van der Waals surface area contributed by atoms with Gasteiger partial charge in [-0.25, -0.2) is 9.67 Å². The molecular weight excluding hydrogens is 377 g/mol. The van der Waals surface area contributed by atoms with E-state index < -0.39 is 0 Å². The molecule has 1 aromatic heterocycles. The van der Waals surface area contributed by atoms with Gasteiger partial charge in [0.2, 0.25) is 0 Å². The van der Waals surface area contributed by atoms with Gasteiger partial charge in [-0.15, -0.1) is 0 Å². The Bertz CT molecular complexity index is 1090. The zero-order chi connectivity index (χ0) is 18.6. The molecule has 0 saturated carbocycles. The summed E-state index contributed by atoms with van der Waals surface area (Å²) in [5.74, 6) is 0.714. The van der Waals surface area contributed by atoms with Crippen LogP contribution in [0.5, 0.6) is 0 Å². The van der Waals surface area contributed by atoms with Crippen molar-refractivity contribution >= 4 is 35.2 Å². The lowest BCUT2D eigenvalue weighted by Crippen LogP contribution is -1.96. The predicted molar refractivity (Wildman–Crippen MR) is 113 cm³/mol. The van der Waals surface area contributed by atoms with Crippen LogP contribution in [0.3, 0.4) is 0 Å². The van der Waals surface area contributed by atoms with Crippen molar-refractivity contribution in [2.75, 3.05) is 0 Å². The van der Waals surface area contributed by atoms with Gasteiger partial charge in [0.05, 0.1) is 16.4 Å². The Morgan fingerprint density at radius 3 is 2.22 bits per heavy atom. The van der Waals surface area contributed by atoms with Crippen molar-refractivity contribution in [3.63, 3.8) is 0 Å². The molecule has 0 atom stereocenters. The molecule has 4 rings (SSSR count). The fraction of sp³-hybridized carbons (Fsp3) is 0. The van der Waals surface area contributed by atoms with Gasteiger partial charge in [-0.3, -0.25) is 0 Å². The van der Waals surface area contributed by atoms with E-state index in [2.05, 4.69) is 4.99 Å². The highest BCUT2D eigenvalue weighted by Crippen LogP contribution is 2.27. The standard InChI is InChI=1S/C22H15Cl2N3/c23-18-12-11-17(20(24)13-18)15-25-22-14-21(16-7-3-1-4-8-16)26-27(22)19-9-5-2-6-10-19/h1-15H/b25-15+. The molecule has 0 N–H and O–H groups in total. The van der Waals surface area contributed by atoms with Crippen LogP contribution in [0.15, 0.2) is 89.9 Å². The van der Waals surface area contributed by atoms with Crippen molar-refractivity contribution in [3.8, 4) is 16.9 Å². The van der Waals surface area contributed by atoms with Crippen LogP contribution in [0.2, 0.25) is 10.0 Å². The quantitative estimate of drug-likeness (QED) is 0.360. The van der Waals surface area contributed by atoms with E-state index in [1.165, 1.54) is 0 Å². The van der Waals surface area contributed by atoms with E-state index in [0.29, 0.717) is 15.9 Å². The second kappa shape index (κ2) is 7.78. The number of rotatable bonds is 4. The van der Waals surface area contributed by atoms with Gasteiger partial charge in [0.1, 0.15) is 0 Å². The number of hydrogen-bond donors (Lipinski definition) is 0. The van der Waals surface area contributed by atoms with Crippen LogP contribution in [0, 0.1) is 0 Å². The van der Waals surface area contributed by atoms with Gasteiger partial charge in [-0.1, -0.05) is 77.8 Å². The van der Waals surface area contributed by atoms with E-state index in [0.717, 1.165) is 22.5 Å². The third kappa shape index (κ3) is 3.95. The third-order valence-corrected chi connectivity index (χ3v) is 4.62. The van der Waals surface area contributed by atoms with Crippen molar-refractivity contribution in [1.82, 2.24) is 9.78 Å². The van der Waals surface area contributed by atoms with Gasteiger partial charge < -0.3 is 0 Å². The molecule has 0 saturated heterocycles. The van der Waals surface area contributed by atoms with Crippen LogP contribution in [0.25, 0.3) is 16.9 Å². The number of benzene rings is 3. The first-order valence-electron chi connectivity index (χ1n) is 8.41. The topological polar surface area (TPSA) is 30.2 Å².